The number of carboxylic acid groups (broad SMARTS) is 1. The Morgan fingerprint density at radius 1 is 1.20 bits per heavy atom. The number of carbonyl (C=O) groups excluding carboxylic acids is 1. The molecular formula is C14H15F3N2O5S. The second kappa shape index (κ2) is 6.64. The van der Waals surface area contributed by atoms with E-state index in [1.165, 1.54) is 0 Å². The largest absolute Gasteiger partial charge is 0.480 e. The molecule has 2 rings (SSSR count). The van der Waals surface area contributed by atoms with E-state index >= 15 is 0 Å². The number of piperazine rings is 1. The molecule has 0 radical (unpaired) electrons. The van der Waals surface area contributed by atoms with Crippen molar-refractivity contribution < 1.29 is 36.3 Å². The summed E-state index contributed by atoms with van der Waals surface area (Å²) in [4.78, 5) is 22.8. The number of rotatable bonds is 3. The lowest BCUT2D eigenvalue weighted by atomic mass is 10.2. The Hall–Kier alpha value is -2.14. The first-order chi connectivity index (χ1) is 11.5. The molecule has 0 aromatic heterocycles. The summed E-state index contributed by atoms with van der Waals surface area (Å²) in [6.45, 7) is 0.0000903. The van der Waals surface area contributed by atoms with Crippen molar-refractivity contribution in [3.63, 3.8) is 0 Å². The smallest absolute Gasteiger partial charge is 0.417 e. The highest BCUT2D eigenvalue weighted by Crippen LogP contribution is 2.35. The van der Waals surface area contributed by atoms with E-state index < -0.39 is 51.1 Å². The van der Waals surface area contributed by atoms with Gasteiger partial charge in [0.2, 0.25) is 15.9 Å². The van der Waals surface area contributed by atoms with E-state index in [9.17, 15) is 36.3 Å². The lowest BCUT2D eigenvalue weighted by Gasteiger charge is -2.38. The van der Waals surface area contributed by atoms with E-state index in [0.29, 0.717) is 10.4 Å². The van der Waals surface area contributed by atoms with Crippen molar-refractivity contribution >= 4 is 21.9 Å². The molecule has 1 atom stereocenters. The van der Waals surface area contributed by atoms with Crippen LogP contribution in [0.5, 0.6) is 0 Å². The molecule has 7 nitrogen and oxygen atoms in total. The van der Waals surface area contributed by atoms with Gasteiger partial charge in [0.1, 0.15) is 6.04 Å². The molecule has 0 bridgehead atoms. The number of carboxylic acids is 1. The van der Waals surface area contributed by atoms with Crippen LogP contribution in [0.15, 0.2) is 29.2 Å². The fourth-order valence-electron chi connectivity index (χ4n) is 2.63. The first-order valence-electron chi connectivity index (χ1n) is 7.12. The molecule has 138 valence electrons. The van der Waals surface area contributed by atoms with Crippen molar-refractivity contribution in [2.24, 2.45) is 0 Å². The Bertz CT molecular complexity index is 794. The maximum atomic E-state index is 13.1. The summed E-state index contributed by atoms with van der Waals surface area (Å²) in [6, 6.07) is 2.23. The van der Waals surface area contributed by atoms with Crippen LogP contribution in [0.1, 0.15) is 12.5 Å². The molecule has 1 heterocycles. The summed E-state index contributed by atoms with van der Waals surface area (Å²) < 4.78 is 65.2. The first-order valence-corrected chi connectivity index (χ1v) is 8.56. The van der Waals surface area contributed by atoms with Gasteiger partial charge in [0, 0.05) is 26.6 Å². The third-order valence-electron chi connectivity index (χ3n) is 3.84. The number of amides is 1. The highest BCUT2D eigenvalue weighted by molar-refractivity contribution is 7.89. The number of hydrogen-bond acceptors (Lipinski definition) is 4. The van der Waals surface area contributed by atoms with Crippen LogP contribution in [0.4, 0.5) is 13.2 Å². The van der Waals surface area contributed by atoms with E-state index in [1.807, 2.05) is 0 Å². The Labute approximate surface area is 141 Å². The minimum atomic E-state index is -4.88. The fraction of sp³-hybridized carbons (Fsp3) is 0.429. The van der Waals surface area contributed by atoms with Crippen LogP contribution < -0.4 is 0 Å². The van der Waals surface area contributed by atoms with Crippen molar-refractivity contribution in [3.05, 3.63) is 29.8 Å². The Kier molecular flexibility index (Phi) is 5.09. The monoisotopic (exact) mass is 380 g/mol. The zero-order valence-electron chi connectivity index (χ0n) is 13.0. The molecule has 1 aromatic rings. The van der Waals surface area contributed by atoms with Gasteiger partial charge in [-0.25, -0.2) is 13.2 Å². The number of nitrogens with zero attached hydrogens (tertiary/aromatic N) is 2. The standard InChI is InChI=1S/C14H15F3N2O5S/c1-9(20)19-7-6-18(8-11(19)13(21)22)25(23,24)12-5-3-2-4-10(12)14(15,16)17/h2-5,11H,6-8H2,1H3,(H,21,22)/t11-/m0/s1. The van der Waals surface area contributed by atoms with Crippen molar-refractivity contribution in [3.8, 4) is 0 Å². The number of hydrogen-bond donors (Lipinski definition) is 1. The van der Waals surface area contributed by atoms with Crippen LogP contribution in [0, 0.1) is 0 Å². The van der Waals surface area contributed by atoms with E-state index in [2.05, 4.69) is 0 Å². The zero-order chi connectivity index (χ0) is 19.0. The molecule has 0 spiro atoms. The summed E-state index contributed by atoms with van der Waals surface area (Å²) in [5.74, 6) is -1.99. The maximum absolute atomic E-state index is 13.1. The topological polar surface area (TPSA) is 95.0 Å². The summed E-state index contributed by atoms with van der Waals surface area (Å²) in [5, 5.41) is 9.20. The van der Waals surface area contributed by atoms with Crippen molar-refractivity contribution in [2.75, 3.05) is 19.6 Å². The molecule has 25 heavy (non-hydrogen) atoms. The fourth-order valence-corrected chi connectivity index (χ4v) is 4.28. The summed E-state index contributed by atoms with van der Waals surface area (Å²) in [7, 11) is -4.58. The minimum absolute atomic E-state index is 0.223. The minimum Gasteiger partial charge on any atom is -0.480 e. The first kappa shape index (κ1) is 19.2. The number of benzene rings is 1. The Morgan fingerprint density at radius 2 is 1.80 bits per heavy atom. The lowest BCUT2D eigenvalue weighted by Crippen LogP contribution is -2.58. The SMILES string of the molecule is CC(=O)N1CCN(S(=O)(=O)c2ccccc2C(F)(F)F)C[C@H]1C(=O)O. The molecule has 1 aliphatic rings. The van der Waals surface area contributed by atoms with Crippen LogP contribution in [0.2, 0.25) is 0 Å². The average Bonchev–Trinajstić information content (AvgIpc) is 2.53. The molecule has 1 N–H and O–H groups in total. The molecule has 1 fully saturated rings. The van der Waals surface area contributed by atoms with Gasteiger partial charge in [0.05, 0.1) is 10.5 Å². The third-order valence-corrected chi connectivity index (χ3v) is 5.77. The van der Waals surface area contributed by atoms with Gasteiger partial charge >= 0.3 is 12.1 Å². The number of aliphatic carboxylic acids is 1. The second-order valence-corrected chi connectivity index (χ2v) is 7.33. The lowest BCUT2D eigenvalue weighted by molar-refractivity contribution is -0.151. The average molecular weight is 380 g/mol. The van der Waals surface area contributed by atoms with E-state index in [0.717, 1.165) is 30.0 Å². The molecule has 1 aromatic carbocycles. The van der Waals surface area contributed by atoms with Gasteiger partial charge in [0.15, 0.2) is 0 Å². The number of sulfonamides is 1. The molecule has 1 amide bonds. The quantitative estimate of drug-likeness (QED) is 0.845. The Balaban J connectivity index is 2.42. The molecular weight excluding hydrogens is 365 g/mol. The van der Waals surface area contributed by atoms with Gasteiger partial charge in [-0.3, -0.25) is 4.79 Å². The normalized spacial score (nSPS) is 19.7. The Morgan fingerprint density at radius 3 is 2.32 bits per heavy atom. The molecule has 0 unspecified atom stereocenters. The summed E-state index contributed by atoms with van der Waals surface area (Å²) >= 11 is 0. The van der Waals surface area contributed by atoms with Gasteiger partial charge < -0.3 is 10.0 Å². The maximum Gasteiger partial charge on any atom is 0.417 e. The summed E-state index contributed by atoms with van der Waals surface area (Å²) in [5.41, 5.74) is -1.32. The van der Waals surface area contributed by atoms with Gasteiger partial charge in [0.25, 0.3) is 0 Å². The van der Waals surface area contributed by atoms with Gasteiger partial charge in [-0.05, 0) is 12.1 Å². The number of carbonyl (C=O) groups is 2. The molecule has 0 saturated carbocycles. The van der Waals surface area contributed by atoms with Gasteiger partial charge in [-0.1, -0.05) is 12.1 Å². The van der Waals surface area contributed by atoms with E-state index in [1.54, 1.807) is 0 Å². The molecule has 1 saturated heterocycles. The van der Waals surface area contributed by atoms with Crippen LogP contribution in [-0.2, 0) is 25.8 Å². The highest BCUT2D eigenvalue weighted by atomic mass is 32.2. The molecule has 11 heteroatoms. The third kappa shape index (κ3) is 3.76. The predicted octanol–water partition coefficient (Wildman–Crippen LogP) is 1.01. The van der Waals surface area contributed by atoms with Gasteiger partial charge in [-0.2, -0.15) is 17.5 Å². The molecule has 1 aliphatic heterocycles. The second-order valence-electron chi connectivity index (χ2n) is 5.42. The summed E-state index contributed by atoms with van der Waals surface area (Å²) in [6.07, 6.45) is -4.88. The van der Waals surface area contributed by atoms with Crippen molar-refractivity contribution in [1.29, 1.82) is 0 Å². The van der Waals surface area contributed by atoms with Gasteiger partial charge in [-0.15, -0.1) is 0 Å². The van der Waals surface area contributed by atoms with E-state index in [-0.39, 0.29) is 13.1 Å². The van der Waals surface area contributed by atoms with E-state index in [4.69, 9.17) is 0 Å². The number of halogens is 3. The van der Waals surface area contributed by atoms with Crippen LogP contribution in [-0.4, -0.2) is 60.3 Å². The highest BCUT2D eigenvalue weighted by Gasteiger charge is 2.42. The van der Waals surface area contributed by atoms with Crippen molar-refractivity contribution in [1.82, 2.24) is 9.21 Å². The number of alkyl halides is 3. The predicted molar refractivity (Wildman–Crippen MR) is 79.0 cm³/mol. The van der Waals surface area contributed by atoms with Crippen LogP contribution in [0.3, 0.4) is 0 Å². The van der Waals surface area contributed by atoms with Crippen molar-refractivity contribution in [2.45, 2.75) is 24.0 Å². The zero-order valence-corrected chi connectivity index (χ0v) is 13.8. The van der Waals surface area contributed by atoms with Crippen LogP contribution in [0.25, 0.3) is 0 Å². The molecule has 0 aliphatic carbocycles. The van der Waals surface area contributed by atoms with Crippen LogP contribution >= 0.6 is 0 Å².